The molecular formula is C10H17N3O. The second-order valence-corrected chi connectivity index (χ2v) is 2.97. The van der Waals surface area contributed by atoms with E-state index in [2.05, 4.69) is 22.4 Å². The highest BCUT2D eigenvalue weighted by Gasteiger charge is 1.98. The van der Waals surface area contributed by atoms with Crippen LogP contribution in [0, 0.1) is 0 Å². The van der Waals surface area contributed by atoms with Crippen LogP contribution in [0.5, 0.6) is 0 Å². The lowest BCUT2D eigenvalue weighted by atomic mass is 10.2. The van der Waals surface area contributed by atoms with E-state index < -0.39 is 0 Å². The molecule has 0 fully saturated rings. The molecule has 1 aromatic rings. The van der Waals surface area contributed by atoms with Crippen molar-refractivity contribution < 1.29 is 4.94 Å². The van der Waals surface area contributed by atoms with Crippen LogP contribution in [0.3, 0.4) is 0 Å². The molecule has 0 aliphatic rings. The Morgan fingerprint density at radius 1 is 1.36 bits per heavy atom. The number of hydroxylamine groups is 2. The van der Waals surface area contributed by atoms with Gasteiger partial charge in [-0.2, -0.15) is 11.0 Å². The largest absolute Gasteiger partial charge is 0.298 e. The van der Waals surface area contributed by atoms with Gasteiger partial charge in [0.2, 0.25) is 0 Å². The molecule has 0 heterocycles. The molecule has 0 atom stereocenters. The minimum atomic E-state index is 0.627. The van der Waals surface area contributed by atoms with Crippen LogP contribution < -0.4 is 11.2 Å². The molecule has 0 aliphatic heterocycles. The van der Waals surface area contributed by atoms with Crippen molar-refractivity contribution >= 4 is 0 Å². The molecule has 0 unspecified atom stereocenters. The summed E-state index contributed by atoms with van der Waals surface area (Å²) in [5, 5.41) is 4.87. The lowest BCUT2D eigenvalue weighted by Crippen LogP contribution is -2.35. The van der Waals surface area contributed by atoms with E-state index in [9.17, 15) is 0 Å². The van der Waals surface area contributed by atoms with E-state index >= 15 is 0 Å². The van der Waals surface area contributed by atoms with Crippen LogP contribution >= 0.6 is 0 Å². The average molecular weight is 195 g/mol. The number of nitrogens with zero attached hydrogens (tertiary/aromatic N) is 1. The van der Waals surface area contributed by atoms with E-state index in [1.807, 2.05) is 25.1 Å². The van der Waals surface area contributed by atoms with Gasteiger partial charge in [0.15, 0.2) is 0 Å². The van der Waals surface area contributed by atoms with Crippen molar-refractivity contribution in [3.05, 3.63) is 35.9 Å². The highest BCUT2D eigenvalue weighted by Crippen LogP contribution is 1.96. The Labute approximate surface area is 84.6 Å². The van der Waals surface area contributed by atoms with Crippen LogP contribution in [-0.4, -0.2) is 18.3 Å². The molecule has 0 spiro atoms. The molecule has 3 N–H and O–H groups in total. The molecule has 0 saturated heterocycles. The van der Waals surface area contributed by atoms with Gasteiger partial charge in [0.25, 0.3) is 0 Å². The zero-order chi connectivity index (χ0) is 10.2. The highest BCUT2D eigenvalue weighted by molar-refractivity contribution is 5.14. The maximum absolute atomic E-state index is 5.05. The van der Waals surface area contributed by atoms with Gasteiger partial charge >= 0.3 is 0 Å². The van der Waals surface area contributed by atoms with Gasteiger partial charge in [0.05, 0.1) is 6.67 Å². The molecule has 4 nitrogen and oxygen atoms in total. The van der Waals surface area contributed by atoms with E-state index in [1.54, 1.807) is 5.06 Å². The van der Waals surface area contributed by atoms with E-state index in [0.717, 1.165) is 13.1 Å². The molecule has 0 radical (unpaired) electrons. The molecule has 0 bridgehead atoms. The van der Waals surface area contributed by atoms with Crippen molar-refractivity contribution in [1.29, 1.82) is 0 Å². The summed E-state index contributed by atoms with van der Waals surface area (Å²) < 4.78 is 0. The second kappa shape index (κ2) is 6.50. The number of benzene rings is 1. The molecule has 0 saturated carbocycles. The van der Waals surface area contributed by atoms with Crippen molar-refractivity contribution in [3.8, 4) is 0 Å². The van der Waals surface area contributed by atoms with E-state index in [4.69, 9.17) is 5.90 Å². The van der Waals surface area contributed by atoms with Crippen molar-refractivity contribution in [2.24, 2.45) is 5.90 Å². The Kier molecular flexibility index (Phi) is 5.17. The van der Waals surface area contributed by atoms with Gasteiger partial charge in [-0.15, -0.1) is 0 Å². The molecule has 78 valence electrons. The molecular weight excluding hydrogens is 178 g/mol. The average Bonchev–Trinajstić information content (AvgIpc) is 2.26. The first-order chi connectivity index (χ1) is 6.86. The van der Waals surface area contributed by atoms with E-state index in [-0.39, 0.29) is 0 Å². The minimum Gasteiger partial charge on any atom is -0.298 e. The van der Waals surface area contributed by atoms with Gasteiger partial charge in [-0.25, -0.2) is 4.94 Å². The van der Waals surface area contributed by atoms with Crippen molar-refractivity contribution in [2.45, 2.75) is 13.5 Å². The van der Waals surface area contributed by atoms with Gasteiger partial charge in [0.1, 0.15) is 0 Å². The molecule has 1 aromatic carbocycles. The molecule has 0 aromatic heterocycles. The molecule has 0 amide bonds. The monoisotopic (exact) mass is 195 g/mol. The van der Waals surface area contributed by atoms with Gasteiger partial charge in [-0.1, -0.05) is 30.3 Å². The first-order valence-corrected chi connectivity index (χ1v) is 4.73. The third-order valence-corrected chi connectivity index (χ3v) is 1.96. The van der Waals surface area contributed by atoms with E-state index in [0.29, 0.717) is 6.67 Å². The minimum absolute atomic E-state index is 0.627. The van der Waals surface area contributed by atoms with Gasteiger partial charge in [-0.05, 0) is 12.5 Å². The van der Waals surface area contributed by atoms with Crippen molar-refractivity contribution in [2.75, 3.05) is 13.2 Å². The van der Waals surface area contributed by atoms with Crippen LogP contribution in [0.25, 0.3) is 0 Å². The summed E-state index contributed by atoms with van der Waals surface area (Å²) in [6.07, 6.45) is 0. The fraction of sp³-hybridized carbons (Fsp3) is 0.400. The summed E-state index contributed by atoms with van der Waals surface area (Å²) in [7, 11) is 0. The topological polar surface area (TPSA) is 50.5 Å². The van der Waals surface area contributed by atoms with Crippen LogP contribution in [0.4, 0.5) is 0 Å². The van der Waals surface area contributed by atoms with Crippen LogP contribution in [0.15, 0.2) is 30.3 Å². The number of hydrogen-bond donors (Lipinski definition) is 2. The third-order valence-electron chi connectivity index (χ3n) is 1.96. The Morgan fingerprint density at radius 2 is 2.07 bits per heavy atom. The van der Waals surface area contributed by atoms with Crippen LogP contribution in [-0.2, 0) is 11.5 Å². The quantitative estimate of drug-likeness (QED) is 0.522. The summed E-state index contributed by atoms with van der Waals surface area (Å²) in [6.45, 7) is 4.19. The summed E-state index contributed by atoms with van der Waals surface area (Å²) in [4.78, 5) is 4.61. The fourth-order valence-electron chi connectivity index (χ4n) is 1.14. The lowest BCUT2D eigenvalue weighted by Gasteiger charge is -2.16. The maximum atomic E-state index is 5.05. The Bertz CT molecular complexity index is 236. The number of rotatable bonds is 6. The second-order valence-electron chi connectivity index (χ2n) is 2.97. The zero-order valence-corrected chi connectivity index (χ0v) is 8.44. The summed E-state index contributed by atoms with van der Waals surface area (Å²) in [5.74, 6) is 5.05. The Hall–Kier alpha value is -0.940. The molecule has 0 aliphatic carbocycles. The van der Waals surface area contributed by atoms with Crippen molar-refractivity contribution in [1.82, 2.24) is 10.4 Å². The first kappa shape index (κ1) is 11.1. The molecule has 4 heteroatoms. The Morgan fingerprint density at radius 3 is 2.64 bits per heavy atom. The van der Waals surface area contributed by atoms with Crippen LogP contribution in [0.1, 0.15) is 12.5 Å². The fourth-order valence-corrected chi connectivity index (χ4v) is 1.14. The lowest BCUT2D eigenvalue weighted by molar-refractivity contribution is -0.164. The standard InChI is InChI=1S/C10H17N3O/c1-2-13(14-11)9-12-8-10-6-4-3-5-7-10/h3-7,12H,2,8-9,11H2,1H3. The predicted molar refractivity (Wildman–Crippen MR) is 55.8 cm³/mol. The van der Waals surface area contributed by atoms with Gasteiger partial charge in [0, 0.05) is 13.1 Å². The number of nitrogens with one attached hydrogen (secondary N) is 1. The summed E-state index contributed by atoms with van der Waals surface area (Å²) in [5.41, 5.74) is 1.25. The molecule has 1 rings (SSSR count). The summed E-state index contributed by atoms with van der Waals surface area (Å²) >= 11 is 0. The van der Waals surface area contributed by atoms with Crippen molar-refractivity contribution in [3.63, 3.8) is 0 Å². The zero-order valence-electron chi connectivity index (χ0n) is 8.44. The smallest absolute Gasteiger partial charge is 0.0753 e. The Balaban J connectivity index is 2.21. The maximum Gasteiger partial charge on any atom is 0.0753 e. The SMILES string of the molecule is CCN(CNCc1ccccc1)ON. The van der Waals surface area contributed by atoms with Gasteiger partial charge < -0.3 is 0 Å². The predicted octanol–water partition coefficient (Wildman–Crippen LogP) is 0.861. The number of nitrogens with two attached hydrogens (primary N) is 1. The van der Waals surface area contributed by atoms with Gasteiger partial charge in [-0.3, -0.25) is 5.32 Å². The number of hydrogen-bond acceptors (Lipinski definition) is 4. The van der Waals surface area contributed by atoms with E-state index in [1.165, 1.54) is 5.56 Å². The first-order valence-electron chi connectivity index (χ1n) is 4.73. The van der Waals surface area contributed by atoms with Crippen LogP contribution in [0.2, 0.25) is 0 Å². The third kappa shape index (κ3) is 3.85. The highest BCUT2D eigenvalue weighted by atomic mass is 16.8. The summed E-state index contributed by atoms with van der Waals surface area (Å²) in [6, 6.07) is 10.2. The normalized spacial score (nSPS) is 10.8. The molecule has 14 heavy (non-hydrogen) atoms.